The Kier molecular flexibility index (Phi) is 10.9. The van der Waals surface area contributed by atoms with Crippen molar-refractivity contribution in [1.82, 2.24) is 15.5 Å². The molecule has 1 aliphatic heterocycles. The number of benzene rings is 1. The third-order valence-electron chi connectivity index (χ3n) is 4.66. The Morgan fingerprint density at radius 3 is 2.44 bits per heavy atom. The summed E-state index contributed by atoms with van der Waals surface area (Å²) in [4.78, 5) is 6.71. The first-order chi connectivity index (χ1) is 12.4. The fraction of sp³-hybridized carbons (Fsp3) is 0.632. The predicted molar refractivity (Wildman–Crippen MR) is 124 cm³/mol. The highest BCUT2D eigenvalue weighted by Crippen LogP contribution is 2.22. The van der Waals surface area contributed by atoms with E-state index in [9.17, 15) is 4.39 Å². The van der Waals surface area contributed by atoms with Crippen molar-refractivity contribution < 1.29 is 9.13 Å². The largest absolute Gasteiger partial charge is 0.379 e. The maximum Gasteiger partial charge on any atom is 0.191 e. The molecule has 1 aromatic rings. The molecule has 154 valence electrons. The Labute approximate surface area is 183 Å². The van der Waals surface area contributed by atoms with Gasteiger partial charge in [0.2, 0.25) is 0 Å². The molecule has 1 heterocycles. The van der Waals surface area contributed by atoms with Gasteiger partial charge in [0.05, 0.1) is 19.3 Å². The summed E-state index contributed by atoms with van der Waals surface area (Å²) >= 11 is 1.82. The standard InChI is InChI=1S/C19H31FN4OS.HI/c1-19(2,26-4)14-23-18(21-3)22-13-17(24-9-11-25-12-10-24)15-5-7-16(20)8-6-15;/h5-8,17H,9-14H2,1-4H3,(H2,21,22,23);1H. The van der Waals surface area contributed by atoms with Crippen LogP contribution in [0.15, 0.2) is 29.3 Å². The molecule has 0 saturated carbocycles. The smallest absolute Gasteiger partial charge is 0.191 e. The molecule has 0 aliphatic carbocycles. The maximum atomic E-state index is 13.3. The lowest BCUT2D eigenvalue weighted by Crippen LogP contribution is -2.48. The van der Waals surface area contributed by atoms with Gasteiger partial charge in [-0.25, -0.2) is 4.39 Å². The van der Waals surface area contributed by atoms with E-state index in [4.69, 9.17) is 4.74 Å². The van der Waals surface area contributed by atoms with Gasteiger partial charge in [-0.15, -0.1) is 24.0 Å². The highest BCUT2D eigenvalue weighted by Gasteiger charge is 2.23. The van der Waals surface area contributed by atoms with Crippen LogP contribution in [0, 0.1) is 5.82 Å². The van der Waals surface area contributed by atoms with Crippen LogP contribution in [-0.2, 0) is 4.74 Å². The Bertz CT molecular complexity index is 580. The Morgan fingerprint density at radius 2 is 1.89 bits per heavy atom. The molecule has 2 rings (SSSR count). The van der Waals surface area contributed by atoms with Crippen molar-refractivity contribution in [3.63, 3.8) is 0 Å². The van der Waals surface area contributed by atoms with Gasteiger partial charge in [0.1, 0.15) is 5.82 Å². The highest BCUT2D eigenvalue weighted by atomic mass is 127. The van der Waals surface area contributed by atoms with Crippen molar-refractivity contribution in [2.24, 2.45) is 4.99 Å². The summed E-state index contributed by atoms with van der Waals surface area (Å²) in [6.07, 6.45) is 2.11. The summed E-state index contributed by atoms with van der Waals surface area (Å²) < 4.78 is 18.9. The van der Waals surface area contributed by atoms with Crippen LogP contribution in [0.3, 0.4) is 0 Å². The van der Waals surface area contributed by atoms with Crippen LogP contribution in [0.25, 0.3) is 0 Å². The molecule has 8 heteroatoms. The molecule has 1 aromatic carbocycles. The normalized spacial score (nSPS) is 17.1. The molecule has 0 aromatic heterocycles. The second-order valence-electron chi connectivity index (χ2n) is 6.99. The molecular formula is C19H32FIN4OS. The molecule has 0 bridgehead atoms. The van der Waals surface area contributed by atoms with E-state index in [2.05, 4.69) is 40.6 Å². The molecule has 1 aliphatic rings. The van der Waals surface area contributed by atoms with E-state index in [1.807, 2.05) is 23.9 Å². The molecule has 27 heavy (non-hydrogen) atoms. The summed E-state index contributed by atoms with van der Waals surface area (Å²) in [6, 6.07) is 6.92. The summed E-state index contributed by atoms with van der Waals surface area (Å²) in [5.41, 5.74) is 1.10. The maximum absolute atomic E-state index is 13.3. The minimum Gasteiger partial charge on any atom is -0.379 e. The number of nitrogens with zero attached hydrogens (tertiary/aromatic N) is 2. The zero-order valence-corrected chi connectivity index (χ0v) is 19.8. The molecule has 1 unspecified atom stereocenters. The van der Waals surface area contributed by atoms with Crippen LogP contribution in [0.1, 0.15) is 25.5 Å². The molecule has 1 fully saturated rings. The van der Waals surface area contributed by atoms with Gasteiger partial charge in [-0.3, -0.25) is 9.89 Å². The van der Waals surface area contributed by atoms with E-state index in [0.717, 1.165) is 44.4 Å². The van der Waals surface area contributed by atoms with E-state index < -0.39 is 0 Å². The second kappa shape index (κ2) is 12.1. The molecule has 0 amide bonds. The number of guanidine groups is 1. The lowest BCUT2D eigenvalue weighted by atomic mass is 10.0. The van der Waals surface area contributed by atoms with Crippen molar-refractivity contribution >= 4 is 41.7 Å². The van der Waals surface area contributed by atoms with E-state index >= 15 is 0 Å². The quantitative estimate of drug-likeness (QED) is 0.336. The highest BCUT2D eigenvalue weighted by molar-refractivity contribution is 14.0. The van der Waals surface area contributed by atoms with E-state index in [1.54, 1.807) is 7.05 Å². The van der Waals surface area contributed by atoms with Crippen molar-refractivity contribution in [2.75, 3.05) is 52.7 Å². The zero-order valence-electron chi connectivity index (χ0n) is 16.6. The van der Waals surface area contributed by atoms with E-state index in [1.165, 1.54) is 12.1 Å². The lowest BCUT2D eigenvalue weighted by molar-refractivity contribution is 0.0170. The molecule has 2 N–H and O–H groups in total. The van der Waals surface area contributed by atoms with Gasteiger partial charge in [-0.05, 0) is 37.8 Å². The van der Waals surface area contributed by atoms with Crippen LogP contribution in [0.2, 0.25) is 0 Å². The minimum atomic E-state index is -0.209. The summed E-state index contributed by atoms with van der Waals surface area (Å²) in [7, 11) is 1.78. The topological polar surface area (TPSA) is 48.9 Å². The SMILES string of the molecule is CN=C(NCC(c1ccc(F)cc1)N1CCOCC1)NCC(C)(C)SC.I. The summed E-state index contributed by atoms with van der Waals surface area (Å²) in [5.74, 6) is 0.576. The van der Waals surface area contributed by atoms with Crippen LogP contribution in [0.5, 0.6) is 0 Å². The number of morpholine rings is 1. The average molecular weight is 510 g/mol. The Morgan fingerprint density at radius 1 is 1.26 bits per heavy atom. The minimum absolute atomic E-state index is 0. The molecular weight excluding hydrogens is 478 g/mol. The number of halogens is 2. The zero-order chi connectivity index (χ0) is 19.0. The van der Waals surface area contributed by atoms with Gasteiger partial charge in [-0.1, -0.05) is 12.1 Å². The number of nitrogens with one attached hydrogen (secondary N) is 2. The lowest BCUT2D eigenvalue weighted by Gasteiger charge is -2.35. The van der Waals surface area contributed by atoms with Crippen molar-refractivity contribution in [2.45, 2.75) is 24.6 Å². The first-order valence-corrected chi connectivity index (χ1v) is 10.2. The number of ether oxygens (including phenoxy) is 1. The van der Waals surface area contributed by atoms with E-state index in [-0.39, 0.29) is 40.6 Å². The molecule has 0 radical (unpaired) electrons. The van der Waals surface area contributed by atoms with Crippen LogP contribution >= 0.6 is 35.7 Å². The molecule has 1 atom stereocenters. The van der Waals surface area contributed by atoms with Crippen molar-refractivity contribution in [1.29, 1.82) is 0 Å². The molecule has 5 nitrogen and oxygen atoms in total. The van der Waals surface area contributed by atoms with Gasteiger partial charge < -0.3 is 15.4 Å². The predicted octanol–water partition coefficient (Wildman–Crippen LogP) is 3.12. The number of rotatable bonds is 7. The Balaban J connectivity index is 0.00000364. The average Bonchev–Trinajstić information content (AvgIpc) is 2.66. The van der Waals surface area contributed by atoms with Crippen molar-refractivity contribution in [3.05, 3.63) is 35.6 Å². The second-order valence-corrected chi connectivity index (χ2v) is 8.50. The van der Waals surface area contributed by atoms with Gasteiger partial charge in [0, 0.05) is 38.0 Å². The van der Waals surface area contributed by atoms with Gasteiger partial charge in [-0.2, -0.15) is 11.8 Å². The van der Waals surface area contributed by atoms with Crippen LogP contribution < -0.4 is 10.6 Å². The summed E-state index contributed by atoms with van der Waals surface area (Å²) in [6.45, 7) is 9.13. The number of thioether (sulfide) groups is 1. The van der Waals surface area contributed by atoms with E-state index in [0.29, 0.717) is 6.54 Å². The van der Waals surface area contributed by atoms with Crippen LogP contribution in [-0.4, -0.2) is 68.3 Å². The Hall–Kier alpha value is -0.580. The first-order valence-electron chi connectivity index (χ1n) is 9.02. The molecule has 0 spiro atoms. The summed E-state index contributed by atoms with van der Waals surface area (Å²) in [5, 5.41) is 6.82. The van der Waals surface area contributed by atoms with Crippen LogP contribution in [0.4, 0.5) is 4.39 Å². The van der Waals surface area contributed by atoms with Gasteiger partial charge >= 0.3 is 0 Å². The van der Waals surface area contributed by atoms with Gasteiger partial charge in [0.15, 0.2) is 5.96 Å². The first kappa shape index (κ1) is 24.5. The fourth-order valence-electron chi connectivity index (χ4n) is 2.81. The van der Waals surface area contributed by atoms with Crippen molar-refractivity contribution in [3.8, 4) is 0 Å². The monoisotopic (exact) mass is 510 g/mol. The third kappa shape index (κ3) is 8.13. The number of hydrogen-bond donors (Lipinski definition) is 2. The number of hydrogen-bond acceptors (Lipinski definition) is 4. The third-order valence-corrected chi connectivity index (χ3v) is 5.91. The number of aliphatic imine (C=N–C) groups is 1. The molecule has 1 saturated heterocycles. The fourth-order valence-corrected chi connectivity index (χ4v) is 3.03. The van der Waals surface area contributed by atoms with Gasteiger partial charge in [0.25, 0.3) is 0 Å².